The zero-order valence-corrected chi connectivity index (χ0v) is 11.3. The zero-order valence-electron chi connectivity index (χ0n) is 11.3. The smallest absolute Gasteiger partial charge is 0.410 e. The summed E-state index contributed by atoms with van der Waals surface area (Å²) in [5, 5.41) is 0. The number of rotatable bonds is 1. The molecular weight excluding hydrogens is 218 g/mol. The van der Waals surface area contributed by atoms with Crippen molar-refractivity contribution in [2.45, 2.75) is 51.7 Å². The van der Waals surface area contributed by atoms with Crippen LogP contribution in [0, 0.1) is 5.41 Å². The molecule has 1 aliphatic heterocycles. The molecule has 0 unspecified atom stereocenters. The number of amides is 1. The Bertz CT molecular complexity index is 302. The standard InChI is InChI=1S/C13H23NO3/c1-12(2,3)17-11(15)14-6-5-13(9-14)7-10(8-13)16-4/h10H,5-9H2,1-4H3. The summed E-state index contributed by atoms with van der Waals surface area (Å²) in [6, 6.07) is 0. The van der Waals surface area contributed by atoms with Crippen molar-refractivity contribution < 1.29 is 14.3 Å². The monoisotopic (exact) mass is 241 g/mol. The Morgan fingerprint density at radius 2 is 2.00 bits per heavy atom. The molecule has 0 aromatic rings. The van der Waals surface area contributed by atoms with E-state index in [9.17, 15) is 4.79 Å². The Labute approximate surface area is 103 Å². The molecule has 0 radical (unpaired) electrons. The number of nitrogens with zero attached hydrogens (tertiary/aromatic N) is 1. The summed E-state index contributed by atoms with van der Waals surface area (Å²) in [4.78, 5) is 13.8. The third kappa shape index (κ3) is 2.73. The molecule has 2 fully saturated rings. The summed E-state index contributed by atoms with van der Waals surface area (Å²) < 4.78 is 10.7. The van der Waals surface area contributed by atoms with Gasteiger partial charge in [0.05, 0.1) is 6.10 Å². The second-order valence-electron chi connectivity index (χ2n) is 6.42. The summed E-state index contributed by atoms with van der Waals surface area (Å²) in [7, 11) is 1.76. The van der Waals surface area contributed by atoms with Gasteiger partial charge in [-0.1, -0.05) is 0 Å². The summed E-state index contributed by atoms with van der Waals surface area (Å²) in [6.07, 6.45) is 3.49. The molecule has 17 heavy (non-hydrogen) atoms. The van der Waals surface area contributed by atoms with Gasteiger partial charge in [-0.05, 0) is 45.4 Å². The fourth-order valence-electron chi connectivity index (χ4n) is 2.82. The van der Waals surface area contributed by atoms with Gasteiger partial charge in [0.15, 0.2) is 0 Å². The number of carbonyl (C=O) groups is 1. The predicted octanol–water partition coefficient (Wildman–Crippen LogP) is 2.42. The van der Waals surface area contributed by atoms with E-state index in [0.29, 0.717) is 11.5 Å². The van der Waals surface area contributed by atoms with Crippen LogP contribution in [0.5, 0.6) is 0 Å². The summed E-state index contributed by atoms with van der Waals surface area (Å²) >= 11 is 0. The Morgan fingerprint density at radius 1 is 1.35 bits per heavy atom. The predicted molar refractivity (Wildman–Crippen MR) is 64.9 cm³/mol. The van der Waals surface area contributed by atoms with Crippen molar-refractivity contribution in [3.63, 3.8) is 0 Å². The van der Waals surface area contributed by atoms with Crippen molar-refractivity contribution >= 4 is 6.09 Å². The van der Waals surface area contributed by atoms with Crippen molar-refractivity contribution in [3.05, 3.63) is 0 Å². The minimum Gasteiger partial charge on any atom is -0.444 e. The molecule has 1 saturated carbocycles. The second kappa shape index (κ2) is 4.16. The minimum atomic E-state index is -0.401. The fourth-order valence-corrected chi connectivity index (χ4v) is 2.82. The van der Waals surface area contributed by atoms with Crippen LogP contribution in [0.15, 0.2) is 0 Å². The van der Waals surface area contributed by atoms with Crippen LogP contribution >= 0.6 is 0 Å². The lowest BCUT2D eigenvalue weighted by Crippen LogP contribution is -2.45. The molecule has 98 valence electrons. The van der Waals surface area contributed by atoms with Crippen molar-refractivity contribution in [3.8, 4) is 0 Å². The highest BCUT2D eigenvalue weighted by molar-refractivity contribution is 5.68. The molecular formula is C13H23NO3. The van der Waals surface area contributed by atoms with E-state index in [1.165, 1.54) is 0 Å². The molecule has 0 N–H and O–H groups in total. The highest BCUT2D eigenvalue weighted by Gasteiger charge is 2.50. The van der Waals surface area contributed by atoms with Crippen LogP contribution in [0.4, 0.5) is 4.79 Å². The summed E-state index contributed by atoms with van der Waals surface area (Å²) in [5.41, 5.74) is -0.0842. The van der Waals surface area contributed by atoms with E-state index in [1.54, 1.807) is 7.11 Å². The molecule has 0 aromatic heterocycles. The first-order valence-electron chi connectivity index (χ1n) is 6.34. The highest BCUT2D eigenvalue weighted by atomic mass is 16.6. The van der Waals surface area contributed by atoms with Gasteiger partial charge in [-0.2, -0.15) is 0 Å². The average Bonchev–Trinajstić information content (AvgIpc) is 2.56. The van der Waals surface area contributed by atoms with Crippen LogP contribution in [-0.4, -0.2) is 42.9 Å². The first kappa shape index (κ1) is 12.7. The summed E-state index contributed by atoms with van der Waals surface area (Å²) in [5.74, 6) is 0. The van der Waals surface area contributed by atoms with Gasteiger partial charge in [0, 0.05) is 20.2 Å². The van der Waals surface area contributed by atoms with Crippen LogP contribution in [0.25, 0.3) is 0 Å². The molecule has 1 amide bonds. The van der Waals surface area contributed by atoms with Crippen LogP contribution in [0.3, 0.4) is 0 Å². The van der Waals surface area contributed by atoms with E-state index in [4.69, 9.17) is 9.47 Å². The van der Waals surface area contributed by atoms with Crippen molar-refractivity contribution in [1.82, 2.24) is 4.90 Å². The van der Waals surface area contributed by atoms with Crippen LogP contribution < -0.4 is 0 Å². The lowest BCUT2D eigenvalue weighted by Gasteiger charge is -2.44. The fraction of sp³-hybridized carbons (Fsp3) is 0.923. The van der Waals surface area contributed by atoms with Crippen molar-refractivity contribution in [2.24, 2.45) is 5.41 Å². The SMILES string of the molecule is COC1CC2(CCN(C(=O)OC(C)(C)C)C2)C1. The van der Waals surface area contributed by atoms with Gasteiger partial charge in [0.25, 0.3) is 0 Å². The lowest BCUT2D eigenvalue weighted by molar-refractivity contribution is -0.0544. The average molecular weight is 241 g/mol. The lowest BCUT2D eigenvalue weighted by atomic mass is 9.66. The highest BCUT2D eigenvalue weighted by Crippen LogP contribution is 2.49. The molecule has 2 rings (SSSR count). The number of likely N-dealkylation sites (tertiary alicyclic amines) is 1. The van der Waals surface area contributed by atoms with Gasteiger partial charge < -0.3 is 14.4 Å². The van der Waals surface area contributed by atoms with Crippen LogP contribution in [0.1, 0.15) is 40.0 Å². The van der Waals surface area contributed by atoms with Gasteiger partial charge in [0.1, 0.15) is 5.60 Å². The molecule has 1 aliphatic carbocycles. The Kier molecular flexibility index (Phi) is 3.10. The first-order valence-corrected chi connectivity index (χ1v) is 6.34. The molecule has 0 bridgehead atoms. The van der Waals surface area contributed by atoms with Crippen LogP contribution in [0.2, 0.25) is 0 Å². The van der Waals surface area contributed by atoms with E-state index in [2.05, 4.69) is 0 Å². The molecule has 1 saturated heterocycles. The number of ether oxygens (including phenoxy) is 2. The quantitative estimate of drug-likeness (QED) is 0.707. The number of methoxy groups -OCH3 is 1. The van der Waals surface area contributed by atoms with E-state index in [-0.39, 0.29) is 6.09 Å². The molecule has 0 aromatic carbocycles. The van der Waals surface area contributed by atoms with Crippen LogP contribution in [-0.2, 0) is 9.47 Å². The van der Waals surface area contributed by atoms with Gasteiger partial charge in [-0.25, -0.2) is 4.79 Å². The van der Waals surface area contributed by atoms with Crippen molar-refractivity contribution in [1.29, 1.82) is 0 Å². The first-order chi connectivity index (χ1) is 7.84. The van der Waals surface area contributed by atoms with Gasteiger partial charge in [-0.3, -0.25) is 0 Å². The van der Waals surface area contributed by atoms with E-state index < -0.39 is 5.60 Å². The van der Waals surface area contributed by atoms with Gasteiger partial charge in [-0.15, -0.1) is 0 Å². The Morgan fingerprint density at radius 3 is 2.53 bits per heavy atom. The van der Waals surface area contributed by atoms with Gasteiger partial charge in [0.2, 0.25) is 0 Å². The number of hydrogen-bond acceptors (Lipinski definition) is 3. The van der Waals surface area contributed by atoms with Crippen molar-refractivity contribution in [2.75, 3.05) is 20.2 Å². The maximum Gasteiger partial charge on any atom is 0.410 e. The molecule has 1 spiro atoms. The van der Waals surface area contributed by atoms with Gasteiger partial charge >= 0.3 is 6.09 Å². The third-order valence-corrected chi connectivity index (χ3v) is 3.74. The summed E-state index contributed by atoms with van der Waals surface area (Å²) in [6.45, 7) is 7.37. The second-order valence-corrected chi connectivity index (χ2v) is 6.42. The number of carbonyl (C=O) groups excluding carboxylic acids is 1. The maximum absolute atomic E-state index is 11.9. The molecule has 2 aliphatic rings. The van der Waals surface area contributed by atoms with E-state index >= 15 is 0 Å². The largest absolute Gasteiger partial charge is 0.444 e. The minimum absolute atomic E-state index is 0.171. The topological polar surface area (TPSA) is 38.8 Å². The zero-order chi connectivity index (χ0) is 12.7. The maximum atomic E-state index is 11.9. The molecule has 4 nitrogen and oxygen atoms in total. The van der Waals surface area contributed by atoms with E-state index in [0.717, 1.165) is 32.4 Å². The Balaban J connectivity index is 1.84. The molecule has 0 atom stereocenters. The normalized spacial score (nSPS) is 32.7. The Hall–Kier alpha value is -0.770. The number of hydrogen-bond donors (Lipinski definition) is 0. The van der Waals surface area contributed by atoms with E-state index in [1.807, 2.05) is 25.7 Å². The molecule has 4 heteroatoms. The third-order valence-electron chi connectivity index (χ3n) is 3.74. The molecule has 1 heterocycles.